The van der Waals surface area contributed by atoms with Gasteiger partial charge in [0, 0.05) is 0 Å². The first-order valence-corrected chi connectivity index (χ1v) is 6.92. The molecular formula is C17H16F2N2O2. The Morgan fingerprint density at radius 2 is 1.96 bits per heavy atom. The first kappa shape index (κ1) is 16.6. The molecule has 0 fully saturated rings. The lowest BCUT2D eigenvalue weighted by molar-refractivity contribution is -0.123. The van der Waals surface area contributed by atoms with Gasteiger partial charge in [-0.2, -0.15) is 5.10 Å². The number of halogens is 2. The fourth-order valence-corrected chi connectivity index (χ4v) is 1.81. The van der Waals surface area contributed by atoms with Crippen LogP contribution in [0.2, 0.25) is 0 Å². The third-order valence-corrected chi connectivity index (χ3v) is 3.05. The molecule has 0 unspecified atom stereocenters. The van der Waals surface area contributed by atoms with Crippen LogP contribution in [0.1, 0.15) is 16.7 Å². The van der Waals surface area contributed by atoms with Crippen LogP contribution in [0.25, 0.3) is 0 Å². The van der Waals surface area contributed by atoms with E-state index in [1.54, 1.807) is 0 Å². The van der Waals surface area contributed by atoms with Crippen molar-refractivity contribution in [2.24, 2.45) is 5.10 Å². The van der Waals surface area contributed by atoms with E-state index < -0.39 is 17.5 Å². The molecule has 0 radical (unpaired) electrons. The number of hydrogen-bond acceptors (Lipinski definition) is 3. The van der Waals surface area contributed by atoms with Gasteiger partial charge in [0.15, 0.2) is 18.2 Å². The van der Waals surface area contributed by atoms with Gasteiger partial charge < -0.3 is 4.74 Å². The van der Waals surface area contributed by atoms with E-state index in [4.69, 9.17) is 4.74 Å². The van der Waals surface area contributed by atoms with Crippen LogP contribution in [-0.2, 0) is 4.79 Å². The maximum absolute atomic E-state index is 13.0. The molecule has 1 N–H and O–H groups in total. The van der Waals surface area contributed by atoms with Gasteiger partial charge in [-0.25, -0.2) is 14.2 Å². The molecule has 0 saturated carbocycles. The highest BCUT2D eigenvalue weighted by molar-refractivity contribution is 5.82. The highest BCUT2D eigenvalue weighted by Gasteiger charge is 2.05. The number of aryl methyl sites for hydroxylation is 2. The van der Waals surface area contributed by atoms with Crippen molar-refractivity contribution < 1.29 is 18.3 Å². The zero-order valence-corrected chi connectivity index (χ0v) is 12.8. The van der Waals surface area contributed by atoms with Gasteiger partial charge in [-0.1, -0.05) is 18.2 Å². The SMILES string of the molecule is Cc1ccc(C)c(OCC(=O)N/N=C/c2ccc(F)c(F)c2)c1. The maximum Gasteiger partial charge on any atom is 0.277 e. The van der Waals surface area contributed by atoms with Gasteiger partial charge in [0.05, 0.1) is 6.21 Å². The zero-order valence-electron chi connectivity index (χ0n) is 12.8. The molecule has 0 aliphatic heterocycles. The Labute approximate surface area is 132 Å². The molecule has 0 aliphatic carbocycles. The lowest BCUT2D eigenvalue weighted by Gasteiger charge is -2.08. The summed E-state index contributed by atoms with van der Waals surface area (Å²) < 4.78 is 31.2. The number of nitrogens with zero attached hydrogens (tertiary/aromatic N) is 1. The number of benzene rings is 2. The van der Waals surface area contributed by atoms with Gasteiger partial charge in [-0.3, -0.25) is 4.79 Å². The molecule has 0 heterocycles. The van der Waals surface area contributed by atoms with Crippen LogP contribution >= 0.6 is 0 Å². The number of nitrogens with one attached hydrogen (secondary N) is 1. The summed E-state index contributed by atoms with van der Waals surface area (Å²) in [6, 6.07) is 9.02. The Balaban J connectivity index is 1.86. The summed E-state index contributed by atoms with van der Waals surface area (Å²) in [4.78, 5) is 11.6. The summed E-state index contributed by atoms with van der Waals surface area (Å²) in [5, 5.41) is 3.67. The van der Waals surface area contributed by atoms with Crippen molar-refractivity contribution in [2.45, 2.75) is 13.8 Å². The quantitative estimate of drug-likeness (QED) is 0.680. The van der Waals surface area contributed by atoms with E-state index >= 15 is 0 Å². The second kappa shape index (κ2) is 7.49. The Bertz CT molecular complexity index is 745. The standard InChI is InChI=1S/C17H16F2N2O2/c1-11-3-4-12(2)16(7-11)23-10-17(22)21-20-9-13-5-6-14(18)15(19)8-13/h3-9H,10H2,1-2H3,(H,21,22)/b20-9+. The first-order chi connectivity index (χ1) is 11.0. The van der Waals surface area contributed by atoms with Crippen LogP contribution in [0.5, 0.6) is 5.75 Å². The third kappa shape index (κ3) is 4.88. The van der Waals surface area contributed by atoms with E-state index in [1.165, 1.54) is 12.3 Å². The van der Waals surface area contributed by atoms with Crippen molar-refractivity contribution in [3.8, 4) is 5.75 Å². The normalized spacial score (nSPS) is 10.8. The van der Waals surface area contributed by atoms with Gasteiger partial charge >= 0.3 is 0 Å². The molecule has 0 aromatic heterocycles. The lowest BCUT2D eigenvalue weighted by Crippen LogP contribution is -2.24. The van der Waals surface area contributed by atoms with E-state index in [0.717, 1.165) is 23.3 Å². The van der Waals surface area contributed by atoms with E-state index in [2.05, 4.69) is 10.5 Å². The molecule has 4 nitrogen and oxygen atoms in total. The van der Waals surface area contributed by atoms with Crippen LogP contribution in [0, 0.1) is 25.5 Å². The van der Waals surface area contributed by atoms with Gasteiger partial charge in [-0.15, -0.1) is 0 Å². The summed E-state index contributed by atoms with van der Waals surface area (Å²) in [7, 11) is 0. The molecule has 1 amide bonds. The van der Waals surface area contributed by atoms with Crippen LogP contribution in [-0.4, -0.2) is 18.7 Å². The number of hydrogen-bond donors (Lipinski definition) is 1. The minimum Gasteiger partial charge on any atom is -0.483 e. The number of carbonyl (C=O) groups excluding carboxylic acids is 1. The third-order valence-electron chi connectivity index (χ3n) is 3.05. The summed E-state index contributed by atoms with van der Waals surface area (Å²) >= 11 is 0. The van der Waals surface area contributed by atoms with E-state index in [9.17, 15) is 13.6 Å². The summed E-state index contributed by atoms with van der Waals surface area (Å²) in [6.45, 7) is 3.62. The Hall–Kier alpha value is -2.76. The van der Waals surface area contributed by atoms with Crippen LogP contribution in [0.15, 0.2) is 41.5 Å². The highest BCUT2D eigenvalue weighted by Crippen LogP contribution is 2.18. The fourth-order valence-electron chi connectivity index (χ4n) is 1.81. The molecule has 120 valence electrons. The van der Waals surface area contributed by atoms with Crippen LogP contribution in [0.4, 0.5) is 8.78 Å². The Morgan fingerprint density at radius 3 is 2.70 bits per heavy atom. The number of hydrazone groups is 1. The zero-order chi connectivity index (χ0) is 16.8. The van der Waals surface area contributed by atoms with E-state index in [1.807, 2.05) is 32.0 Å². The topological polar surface area (TPSA) is 50.7 Å². The van der Waals surface area contributed by atoms with Crippen molar-refractivity contribution in [1.82, 2.24) is 5.43 Å². The fraction of sp³-hybridized carbons (Fsp3) is 0.176. The second-order valence-electron chi connectivity index (χ2n) is 5.02. The molecule has 0 bridgehead atoms. The van der Waals surface area contributed by atoms with Crippen molar-refractivity contribution in [3.05, 3.63) is 64.7 Å². The van der Waals surface area contributed by atoms with Gasteiger partial charge in [0.25, 0.3) is 5.91 Å². The van der Waals surface area contributed by atoms with Crippen LogP contribution in [0.3, 0.4) is 0 Å². The smallest absolute Gasteiger partial charge is 0.277 e. The minimum atomic E-state index is -0.974. The molecule has 0 atom stereocenters. The molecular weight excluding hydrogens is 302 g/mol. The molecule has 0 saturated heterocycles. The molecule has 2 aromatic carbocycles. The molecule has 23 heavy (non-hydrogen) atoms. The summed E-state index contributed by atoms with van der Waals surface area (Å²) in [5.41, 5.74) is 4.55. The first-order valence-electron chi connectivity index (χ1n) is 6.92. The van der Waals surface area contributed by atoms with Crippen molar-refractivity contribution in [3.63, 3.8) is 0 Å². The Morgan fingerprint density at radius 1 is 1.17 bits per heavy atom. The number of amides is 1. The average molecular weight is 318 g/mol. The minimum absolute atomic E-state index is 0.195. The van der Waals surface area contributed by atoms with Gasteiger partial charge in [-0.05, 0) is 48.7 Å². The highest BCUT2D eigenvalue weighted by atomic mass is 19.2. The molecule has 0 spiro atoms. The molecule has 6 heteroatoms. The predicted octanol–water partition coefficient (Wildman–Crippen LogP) is 3.11. The monoisotopic (exact) mass is 318 g/mol. The Kier molecular flexibility index (Phi) is 5.41. The molecule has 0 aliphatic rings. The van der Waals surface area contributed by atoms with Crippen LogP contribution < -0.4 is 10.2 Å². The van der Waals surface area contributed by atoms with Gasteiger partial charge in [0.2, 0.25) is 0 Å². The number of ether oxygens (including phenoxy) is 1. The van der Waals surface area contributed by atoms with Crippen molar-refractivity contribution in [1.29, 1.82) is 0 Å². The van der Waals surface area contributed by atoms with Gasteiger partial charge in [0.1, 0.15) is 5.75 Å². The van der Waals surface area contributed by atoms with Crippen molar-refractivity contribution in [2.75, 3.05) is 6.61 Å². The largest absolute Gasteiger partial charge is 0.483 e. The van der Waals surface area contributed by atoms with E-state index in [-0.39, 0.29) is 6.61 Å². The second-order valence-corrected chi connectivity index (χ2v) is 5.02. The maximum atomic E-state index is 13.0. The molecule has 2 rings (SSSR count). The number of rotatable bonds is 5. The summed E-state index contributed by atoms with van der Waals surface area (Å²) in [5.74, 6) is -1.74. The average Bonchev–Trinajstić information content (AvgIpc) is 2.52. The summed E-state index contributed by atoms with van der Waals surface area (Å²) in [6.07, 6.45) is 1.22. The van der Waals surface area contributed by atoms with E-state index in [0.29, 0.717) is 11.3 Å². The predicted molar refractivity (Wildman–Crippen MR) is 83.5 cm³/mol. The molecule has 2 aromatic rings. The number of carbonyl (C=O) groups is 1. The lowest BCUT2D eigenvalue weighted by atomic mass is 10.1. The van der Waals surface area contributed by atoms with Crippen molar-refractivity contribution >= 4 is 12.1 Å².